The van der Waals surface area contributed by atoms with Crippen LogP contribution in [-0.4, -0.2) is 61.8 Å². The van der Waals surface area contributed by atoms with Crippen LogP contribution in [0.15, 0.2) is 30.3 Å². The van der Waals surface area contributed by atoms with Gasteiger partial charge in [-0.25, -0.2) is 4.98 Å². The van der Waals surface area contributed by atoms with E-state index >= 15 is 0 Å². The van der Waals surface area contributed by atoms with Gasteiger partial charge in [0.25, 0.3) is 5.91 Å². The number of aromatic nitrogens is 1. The molecule has 0 aliphatic carbocycles. The van der Waals surface area contributed by atoms with Crippen LogP contribution in [0.25, 0.3) is 10.2 Å². The van der Waals surface area contributed by atoms with Gasteiger partial charge in [-0.15, -0.1) is 0 Å². The highest BCUT2D eigenvalue weighted by molar-refractivity contribution is 7.22. The van der Waals surface area contributed by atoms with Gasteiger partial charge in [0.05, 0.1) is 28.5 Å². The van der Waals surface area contributed by atoms with Crippen molar-refractivity contribution in [2.75, 3.05) is 50.9 Å². The zero-order valence-electron chi connectivity index (χ0n) is 18.8. The van der Waals surface area contributed by atoms with E-state index in [1.54, 1.807) is 23.1 Å². The van der Waals surface area contributed by atoms with Crippen molar-refractivity contribution in [3.8, 4) is 5.75 Å². The van der Waals surface area contributed by atoms with Crippen molar-refractivity contribution in [3.05, 3.63) is 51.5 Å². The van der Waals surface area contributed by atoms with Crippen molar-refractivity contribution >= 4 is 55.8 Å². The number of thiazole rings is 1. The van der Waals surface area contributed by atoms with Crippen LogP contribution in [-0.2, 0) is 9.53 Å². The van der Waals surface area contributed by atoms with Crippen molar-refractivity contribution in [2.24, 2.45) is 0 Å². The molecule has 1 saturated heterocycles. The first-order valence-electron chi connectivity index (χ1n) is 11.0. The summed E-state index contributed by atoms with van der Waals surface area (Å²) in [6.45, 7) is 8.82. The quantitative estimate of drug-likeness (QED) is 0.411. The molecule has 9 heteroatoms. The maximum atomic E-state index is 13.3. The standard InChI is InChI=1S/C24H27Cl2N3O3S/c1-16-12-17(2)23-21(13-16)33-24(27-23)29(7-3-6-28-8-10-31-11-9-28)22(30)15-32-20-5-4-18(25)14-19(20)26/h4-5,12-14H,3,6-11,15H2,1-2H3. The average Bonchev–Trinajstić information content (AvgIpc) is 3.20. The van der Waals surface area contributed by atoms with Crippen molar-refractivity contribution in [2.45, 2.75) is 20.3 Å². The average molecular weight is 508 g/mol. The van der Waals surface area contributed by atoms with E-state index in [1.165, 1.54) is 16.9 Å². The highest BCUT2D eigenvalue weighted by Crippen LogP contribution is 2.32. The van der Waals surface area contributed by atoms with E-state index in [0.29, 0.717) is 27.5 Å². The third-order valence-corrected chi connectivity index (χ3v) is 7.11. The first kappa shape index (κ1) is 24.2. The molecule has 4 rings (SSSR count). The number of fused-ring (bicyclic) bond motifs is 1. The molecule has 1 fully saturated rings. The van der Waals surface area contributed by atoms with Gasteiger partial charge in [0.1, 0.15) is 5.75 Å². The van der Waals surface area contributed by atoms with Gasteiger partial charge in [-0.1, -0.05) is 40.6 Å². The van der Waals surface area contributed by atoms with E-state index in [0.717, 1.165) is 55.0 Å². The summed E-state index contributed by atoms with van der Waals surface area (Å²) in [5.74, 6) is 0.273. The van der Waals surface area contributed by atoms with Crippen molar-refractivity contribution in [1.29, 1.82) is 0 Å². The van der Waals surface area contributed by atoms with Crippen LogP contribution >= 0.6 is 34.5 Å². The predicted octanol–water partition coefficient (Wildman–Crippen LogP) is 5.35. The molecule has 0 spiro atoms. The monoisotopic (exact) mass is 507 g/mol. The number of aryl methyl sites for hydroxylation is 2. The Bertz CT molecular complexity index is 1130. The number of ether oxygens (including phenoxy) is 2. The van der Waals surface area contributed by atoms with E-state index in [-0.39, 0.29) is 12.5 Å². The molecule has 6 nitrogen and oxygen atoms in total. The fraction of sp³-hybridized carbons (Fsp3) is 0.417. The molecule has 3 aromatic rings. The van der Waals surface area contributed by atoms with Crippen molar-refractivity contribution < 1.29 is 14.3 Å². The normalized spacial score (nSPS) is 14.5. The zero-order chi connectivity index (χ0) is 23.4. The lowest BCUT2D eigenvalue weighted by Gasteiger charge is -2.27. The molecule has 1 aliphatic heterocycles. The third-order valence-electron chi connectivity index (χ3n) is 5.56. The fourth-order valence-corrected chi connectivity index (χ4v) is 5.54. The summed E-state index contributed by atoms with van der Waals surface area (Å²) < 4.78 is 12.2. The van der Waals surface area contributed by atoms with Gasteiger partial charge in [0, 0.05) is 31.2 Å². The molecule has 1 amide bonds. The molecule has 0 radical (unpaired) electrons. The molecule has 0 saturated carbocycles. The minimum Gasteiger partial charge on any atom is -0.482 e. The number of carbonyl (C=O) groups is 1. The molecular weight excluding hydrogens is 481 g/mol. The van der Waals surface area contributed by atoms with Crippen molar-refractivity contribution in [1.82, 2.24) is 9.88 Å². The molecule has 0 N–H and O–H groups in total. The Morgan fingerprint density at radius 2 is 2.00 bits per heavy atom. The molecule has 1 aliphatic rings. The van der Waals surface area contributed by atoms with Gasteiger partial charge in [0.2, 0.25) is 0 Å². The summed E-state index contributed by atoms with van der Waals surface area (Å²) in [6, 6.07) is 9.18. The second kappa shape index (κ2) is 11.0. The number of hydrogen-bond acceptors (Lipinski definition) is 6. The Morgan fingerprint density at radius 1 is 1.21 bits per heavy atom. The first-order valence-corrected chi connectivity index (χ1v) is 12.5. The number of anilines is 1. The van der Waals surface area contributed by atoms with Gasteiger partial charge >= 0.3 is 0 Å². The molecule has 1 aromatic heterocycles. The van der Waals surface area contributed by atoms with E-state index in [9.17, 15) is 4.79 Å². The Hall–Kier alpha value is -1.90. The summed E-state index contributed by atoms with van der Waals surface area (Å²) in [7, 11) is 0. The van der Waals surface area contributed by atoms with Crippen LogP contribution in [0, 0.1) is 13.8 Å². The van der Waals surface area contributed by atoms with Gasteiger partial charge in [-0.3, -0.25) is 14.6 Å². The molecule has 0 bridgehead atoms. The summed E-state index contributed by atoms with van der Waals surface area (Å²) >= 11 is 13.7. The van der Waals surface area contributed by atoms with Crippen LogP contribution in [0.5, 0.6) is 5.75 Å². The van der Waals surface area contributed by atoms with E-state index in [4.69, 9.17) is 37.7 Å². The number of nitrogens with zero attached hydrogens (tertiary/aromatic N) is 3. The van der Waals surface area contributed by atoms with Crippen molar-refractivity contribution in [3.63, 3.8) is 0 Å². The predicted molar refractivity (Wildman–Crippen MR) is 135 cm³/mol. The summed E-state index contributed by atoms with van der Waals surface area (Å²) in [6.07, 6.45) is 0.835. The largest absolute Gasteiger partial charge is 0.482 e. The smallest absolute Gasteiger partial charge is 0.266 e. The number of hydrogen-bond donors (Lipinski definition) is 0. The molecule has 2 heterocycles. The topological polar surface area (TPSA) is 54.9 Å². The number of amides is 1. The number of carbonyl (C=O) groups excluding carboxylic acids is 1. The Balaban J connectivity index is 1.51. The van der Waals surface area contributed by atoms with Crippen LogP contribution in [0.3, 0.4) is 0 Å². The van der Waals surface area contributed by atoms with Gasteiger partial charge in [-0.2, -0.15) is 0 Å². The fourth-order valence-electron chi connectivity index (χ4n) is 3.89. The Morgan fingerprint density at radius 3 is 2.76 bits per heavy atom. The second-order valence-corrected chi connectivity index (χ2v) is 9.99. The third kappa shape index (κ3) is 6.16. The van der Waals surface area contributed by atoms with Crippen LogP contribution in [0.1, 0.15) is 17.5 Å². The number of halogens is 2. The Kier molecular flexibility index (Phi) is 8.09. The lowest BCUT2D eigenvalue weighted by molar-refractivity contribution is -0.120. The molecule has 0 atom stereocenters. The molecular formula is C24H27Cl2N3O3S. The summed E-state index contributed by atoms with van der Waals surface area (Å²) in [5.41, 5.74) is 3.23. The minimum atomic E-state index is -0.156. The first-order chi connectivity index (χ1) is 15.9. The number of rotatable bonds is 8. The number of morpholine rings is 1. The summed E-state index contributed by atoms with van der Waals surface area (Å²) in [5, 5.41) is 1.58. The Labute approximate surface area is 208 Å². The molecule has 2 aromatic carbocycles. The lowest BCUT2D eigenvalue weighted by atomic mass is 10.1. The van der Waals surface area contributed by atoms with Crippen LogP contribution < -0.4 is 9.64 Å². The maximum absolute atomic E-state index is 13.3. The van der Waals surface area contributed by atoms with Gasteiger partial charge < -0.3 is 9.47 Å². The summed E-state index contributed by atoms with van der Waals surface area (Å²) in [4.78, 5) is 22.2. The van der Waals surface area contributed by atoms with E-state index in [2.05, 4.69) is 30.9 Å². The molecule has 33 heavy (non-hydrogen) atoms. The molecule has 176 valence electrons. The second-order valence-electron chi connectivity index (χ2n) is 8.14. The molecule has 0 unspecified atom stereocenters. The minimum absolute atomic E-state index is 0.132. The van der Waals surface area contributed by atoms with Crippen LogP contribution in [0.4, 0.5) is 5.13 Å². The number of benzene rings is 2. The van der Waals surface area contributed by atoms with E-state index in [1.807, 2.05) is 0 Å². The van der Waals surface area contributed by atoms with Gasteiger partial charge in [0.15, 0.2) is 11.7 Å². The zero-order valence-corrected chi connectivity index (χ0v) is 21.1. The lowest BCUT2D eigenvalue weighted by Crippen LogP contribution is -2.40. The van der Waals surface area contributed by atoms with E-state index < -0.39 is 0 Å². The SMILES string of the molecule is Cc1cc(C)c2nc(N(CCCN3CCOCC3)C(=O)COc3ccc(Cl)cc3Cl)sc2c1. The maximum Gasteiger partial charge on any atom is 0.266 e. The highest BCUT2D eigenvalue weighted by Gasteiger charge is 2.22. The van der Waals surface area contributed by atoms with Gasteiger partial charge in [-0.05, 0) is 55.7 Å². The highest BCUT2D eigenvalue weighted by atomic mass is 35.5. The van der Waals surface area contributed by atoms with Crippen LogP contribution in [0.2, 0.25) is 10.0 Å².